The molecule has 100 valence electrons. The summed E-state index contributed by atoms with van der Waals surface area (Å²) in [6.07, 6.45) is 0.629. The summed E-state index contributed by atoms with van der Waals surface area (Å²) in [7, 11) is -3.14. The van der Waals surface area contributed by atoms with E-state index in [0.29, 0.717) is 12.8 Å². The first kappa shape index (κ1) is 13.5. The fraction of sp³-hybridized carbons (Fsp3) is 0.417. The number of sulfone groups is 1. The van der Waals surface area contributed by atoms with Crippen LogP contribution in [0.3, 0.4) is 0 Å². The summed E-state index contributed by atoms with van der Waals surface area (Å²) < 4.78 is 23.0. The molecule has 6 nitrogen and oxygen atoms in total. The molecule has 1 saturated heterocycles. The number of hydrogen-bond donors (Lipinski definition) is 0. The molecule has 0 spiro atoms. The first-order chi connectivity index (χ1) is 8.86. The number of nitro groups is 1. The molecule has 0 saturated carbocycles. The Kier molecular flexibility index (Phi) is 3.28. The minimum Gasteiger partial charge on any atom is -0.258 e. The second-order valence-corrected chi connectivity index (χ2v) is 7.02. The first-order valence-electron chi connectivity index (χ1n) is 5.71. The van der Waals surface area contributed by atoms with E-state index in [1.807, 2.05) is 0 Å². The Hall–Kier alpha value is -1.94. The number of nitrogens with zero attached hydrogens (tertiary/aromatic N) is 2. The number of nitriles is 1. The van der Waals surface area contributed by atoms with E-state index in [4.69, 9.17) is 0 Å². The van der Waals surface area contributed by atoms with Crippen molar-refractivity contribution in [3.8, 4) is 6.07 Å². The van der Waals surface area contributed by atoms with Crippen LogP contribution >= 0.6 is 0 Å². The Bertz CT molecular complexity index is 645. The van der Waals surface area contributed by atoms with Crippen molar-refractivity contribution in [2.75, 3.05) is 11.5 Å². The third-order valence-corrected chi connectivity index (χ3v) is 5.13. The number of benzene rings is 1. The molecule has 19 heavy (non-hydrogen) atoms. The van der Waals surface area contributed by atoms with Crippen molar-refractivity contribution >= 4 is 15.5 Å². The number of nitro benzene ring substituents is 1. The van der Waals surface area contributed by atoms with Crippen molar-refractivity contribution in [3.63, 3.8) is 0 Å². The normalized spacial score (nSPS) is 24.8. The molecule has 2 rings (SSSR count). The molecule has 7 heteroatoms. The highest BCUT2D eigenvalue weighted by molar-refractivity contribution is 7.91. The van der Waals surface area contributed by atoms with Crippen LogP contribution in [0.5, 0.6) is 0 Å². The summed E-state index contributed by atoms with van der Waals surface area (Å²) in [5.41, 5.74) is -0.173. The van der Waals surface area contributed by atoms with Crippen LogP contribution in [0, 0.1) is 26.9 Å². The molecular weight excluding hydrogens is 268 g/mol. The van der Waals surface area contributed by atoms with E-state index in [0.717, 1.165) is 5.56 Å². The number of rotatable bonds is 3. The molecule has 0 aromatic heterocycles. The molecule has 1 unspecified atom stereocenters. The standard InChI is InChI=1S/C12H12N2O4S/c13-8-12(5-6-19(17,18)9-12)7-10-1-3-11(4-2-10)14(15)16/h1-4H,5-7,9H2. The molecule has 1 aromatic carbocycles. The highest BCUT2D eigenvalue weighted by atomic mass is 32.2. The Balaban J connectivity index is 2.21. The van der Waals surface area contributed by atoms with E-state index in [2.05, 4.69) is 6.07 Å². The first-order valence-corrected chi connectivity index (χ1v) is 7.53. The molecule has 1 aromatic rings. The van der Waals surface area contributed by atoms with Crippen LogP contribution in [0.4, 0.5) is 5.69 Å². The zero-order valence-corrected chi connectivity index (χ0v) is 10.9. The Morgan fingerprint density at radius 2 is 2.00 bits per heavy atom. The van der Waals surface area contributed by atoms with Gasteiger partial charge in [-0.3, -0.25) is 10.1 Å². The molecule has 1 fully saturated rings. The van der Waals surface area contributed by atoms with Crippen molar-refractivity contribution in [2.45, 2.75) is 12.8 Å². The lowest BCUT2D eigenvalue weighted by atomic mass is 9.83. The summed E-state index contributed by atoms with van der Waals surface area (Å²) in [5, 5.41) is 19.8. The van der Waals surface area contributed by atoms with Crippen LogP contribution in [-0.4, -0.2) is 24.8 Å². The van der Waals surface area contributed by atoms with Crippen molar-refractivity contribution in [1.29, 1.82) is 5.26 Å². The van der Waals surface area contributed by atoms with Gasteiger partial charge in [-0.2, -0.15) is 5.26 Å². The SMILES string of the molecule is N#CC1(Cc2ccc([N+](=O)[O-])cc2)CCS(=O)(=O)C1. The zero-order chi connectivity index (χ0) is 14.1. The minimum atomic E-state index is -3.14. The molecule has 1 heterocycles. The summed E-state index contributed by atoms with van der Waals surface area (Å²) in [6, 6.07) is 7.98. The van der Waals surface area contributed by atoms with Crippen molar-refractivity contribution in [2.24, 2.45) is 5.41 Å². The van der Waals surface area contributed by atoms with Gasteiger partial charge in [0.1, 0.15) is 0 Å². The van der Waals surface area contributed by atoms with Gasteiger partial charge in [0.15, 0.2) is 9.84 Å². The van der Waals surface area contributed by atoms with E-state index in [-0.39, 0.29) is 17.2 Å². The molecule has 0 N–H and O–H groups in total. The van der Waals surface area contributed by atoms with Gasteiger partial charge in [-0.05, 0) is 18.4 Å². The quantitative estimate of drug-likeness (QED) is 0.616. The van der Waals surface area contributed by atoms with Crippen molar-refractivity contribution in [3.05, 3.63) is 39.9 Å². The molecule has 0 bridgehead atoms. The van der Waals surface area contributed by atoms with Crippen LogP contribution < -0.4 is 0 Å². The highest BCUT2D eigenvalue weighted by Crippen LogP contribution is 2.35. The fourth-order valence-electron chi connectivity index (χ4n) is 2.31. The summed E-state index contributed by atoms with van der Waals surface area (Å²) in [5.74, 6) is -0.0962. The lowest BCUT2D eigenvalue weighted by molar-refractivity contribution is -0.384. The van der Waals surface area contributed by atoms with Gasteiger partial charge < -0.3 is 0 Å². The fourth-order valence-corrected chi connectivity index (χ4v) is 4.31. The second-order valence-electron chi connectivity index (χ2n) is 4.83. The maximum atomic E-state index is 11.5. The van der Waals surface area contributed by atoms with Crippen molar-refractivity contribution < 1.29 is 13.3 Å². The largest absolute Gasteiger partial charge is 0.269 e. The van der Waals surface area contributed by atoms with E-state index >= 15 is 0 Å². The molecule has 0 radical (unpaired) electrons. The number of hydrogen-bond acceptors (Lipinski definition) is 5. The van der Waals surface area contributed by atoms with Crippen LogP contribution in [-0.2, 0) is 16.3 Å². The minimum absolute atomic E-state index is 0.0196. The van der Waals surface area contributed by atoms with Crippen LogP contribution in [0.1, 0.15) is 12.0 Å². The average molecular weight is 280 g/mol. The predicted molar refractivity (Wildman–Crippen MR) is 68.1 cm³/mol. The smallest absolute Gasteiger partial charge is 0.258 e. The lowest BCUT2D eigenvalue weighted by Gasteiger charge is -2.18. The van der Waals surface area contributed by atoms with E-state index < -0.39 is 20.2 Å². The van der Waals surface area contributed by atoms with Crippen LogP contribution in [0.15, 0.2) is 24.3 Å². The van der Waals surface area contributed by atoms with Gasteiger partial charge in [0.2, 0.25) is 0 Å². The van der Waals surface area contributed by atoms with Gasteiger partial charge in [-0.15, -0.1) is 0 Å². The summed E-state index contributed by atoms with van der Waals surface area (Å²) in [4.78, 5) is 10.0. The highest BCUT2D eigenvalue weighted by Gasteiger charge is 2.42. The summed E-state index contributed by atoms with van der Waals surface area (Å²) >= 11 is 0. The molecule has 1 atom stereocenters. The second kappa shape index (κ2) is 4.63. The van der Waals surface area contributed by atoms with Gasteiger partial charge in [0.25, 0.3) is 5.69 Å². The molecule has 1 aliphatic rings. The van der Waals surface area contributed by atoms with Gasteiger partial charge >= 0.3 is 0 Å². The molecule has 1 aliphatic heterocycles. The van der Waals surface area contributed by atoms with E-state index in [9.17, 15) is 23.8 Å². The lowest BCUT2D eigenvalue weighted by Crippen LogP contribution is -2.23. The Morgan fingerprint density at radius 3 is 2.42 bits per heavy atom. The average Bonchev–Trinajstić information content (AvgIpc) is 2.66. The maximum absolute atomic E-state index is 11.5. The van der Waals surface area contributed by atoms with E-state index in [1.54, 1.807) is 12.1 Å². The van der Waals surface area contributed by atoms with Crippen molar-refractivity contribution in [1.82, 2.24) is 0 Å². The molecule has 0 amide bonds. The topological polar surface area (TPSA) is 101 Å². The number of non-ortho nitro benzene ring substituents is 1. The Labute approximate surface area is 110 Å². The van der Waals surface area contributed by atoms with E-state index in [1.165, 1.54) is 12.1 Å². The predicted octanol–water partition coefficient (Wildman–Crippen LogP) is 1.47. The maximum Gasteiger partial charge on any atom is 0.269 e. The molecular formula is C12H12N2O4S. The zero-order valence-electron chi connectivity index (χ0n) is 10.1. The van der Waals surface area contributed by atoms with Crippen LogP contribution in [0.2, 0.25) is 0 Å². The third kappa shape index (κ3) is 2.90. The molecule has 0 aliphatic carbocycles. The third-order valence-electron chi connectivity index (χ3n) is 3.31. The van der Waals surface area contributed by atoms with Gasteiger partial charge in [-0.25, -0.2) is 8.42 Å². The van der Waals surface area contributed by atoms with Gasteiger partial charge in [0, 0.05) is 12.1 Å². The van der Waals surface area contributed by atoms with Gasteiger partial charge in [-0.1, -0.05) is 12.1 Å². The van der Waals surface area contributed by atoms with Gasteiger partial charge in [0.05, 0.1) is 27.9 Å². The Morgan fingerprint density at radius 1 is 1.37 bits per heavy atom. The summed E-state index contributed by atoms with van der Waals surface area (Å²) in [6.45, 7) is 0. The van der Waals surface area contributed by atoms with Crippen LogP contribution in [0.25, 0.3) is 0 Å². The monoisotopic (exact) mass is 280 g/mol.